The average Bonchev–Trinajstić information content (AvgIpc) is 3.27. The van der Waals surface area contributed by atoms with E-state index in [1.165, 1.54) is 30.5 Å². The number of anilines is 1. The predicted molar refractivity (Wildman–Crippen MR) is 144 cm³/mol. The number of urea groups is 1. The van der Waals surface area contributed by atoms with E-state index in [2.05, 4.69) is 25.1 Å². The number of carbonyl (C=O) groups is 5. The first kappa shape index (κ1) is 31.9. The molecule has 1 unspecified atom stereocenters. The molecule has 2 aliphatic heterocycles. The first-order valence-corrected chi connectivity index (χ1v) is 13.5. The van der Waals surface area contributed by atoms with Crippen molar-refractivity contribution in [1.29, 1.82) is 0 Å². The van der Waals surface area contributed by atoms with Crippen molar-refractivity contribution in [1.82, 2.24) is 15.2 Å². The Morgan fingerprint density at radius 2 is 1.77 bits per heavy atom. The Hall–Kier alpha value is -5.02. The number of esters is 2. The number of halogens is 2. The van der Waals surface area contributed by atoms with E-state index in [4.69, 9.17) is 14.2 Å². The second-order valence-corrected chi connectivity index (χ2v) is 10.1. The number of ether oxygens (including phenoxy) is 5. The third-order valence-electron chi connectivity index (χ3n) is 6.60. The van der Waals surface area contributed by atoms with Crippen LogP contribution in [0.4, 0.5) is 24.2 Å². The largest absolute Gasteiger partial charge is 0.586 e. The van der Waals surface area contributed by atoms with Gasteiger partial charge < -0.3 is 29.0 Å². The van der Waals surface area contributed by atoms with Crippen molar-refractivity contribution in [3.8, 4) is 11.5 Å². The van der Waals surface area contributed by atoms with Crippen LogP contribution in [0.15, 0.2) is 36.5 Å². The number of imide groups is 1. The van der Waals surface area contributed by atoms with Crippen LogP contribution >= 0.6 is 0 Å². The maximum Gasteiger partial charge on any atom is 0.586 e. The smallest absolute Gasteiger partial charge is 0.464 e. The topological polar surface area (TPSA) is 172 Å². The van der Waals surface area contributed by atoms with Crippen LogP contribution < -0.4 is 20.1 Å². The molecule has 4 amide bonds. The SMILES string of the molecule is CCOC(=O)[C@@H]1C(Cc2ccnc(NC(=O)OCOC(=O)C(C)C)c2)C(=O)N1C(=O)N[C@H](C)c1ccc2c(c1)OC(F)(F)O2. The number of alkyl halides is 2. The maximum atomic E-state index is 13.4. The molecule has 14 nitrogen and oxygen atoms in total. The van der Waals surface area contributed by atoms with Gasteiger partial charge in [0.1, 0.15) is 5.82 Å². The van der Waals surface area contributed by atoms with Crippen LogP contribution in [0.5, 0.6) is 11.5 Å². The fourth-order valence-corrected chi connectivity index (χ4v) is 4.42. The standard InChI is InChI=1S/C28H30F2N4O10/c1-5-40-25(37)22-18(10-16-8-9-31-21(11-16)33-27(39)42-13-41-24(36)14(2)3)23(35)34(22)26(38)32-15(4)17-6-7-19-20(12-17)44-28(29,30)43-19/h6-9,11-12,14-15,18,22H,5,10,13H2,1-4H3,(H,32,38)(H,31,33,39)/t15-,18?,22+/m1/s1. The summed E-state index contributed by atoms with van der Waals surface area (Å²) in [7, 11) is 0. The normalized spacial score (nSPS) is 18.6. The molecule has 1 fully saturated rings. The van der Waals surface area contributed by atoms with Crippen LogP contribution in [0.3, 0.4) is 0 Å². The van der Waals surface area contributed by atoms with Crippen LogP contribution in [0.1, 0.15) is 44.9 Å². The van der Waals surface area contributed by atoms with Crippen molar-refractivity contribution < 1.29 is 56.4 Å². The van der Waals surface area contributed by atoms with Crippen molar-refractivity contribution in [2.45, 2.75) is 52.5 Å². The van der Waals surface area contributed by atoms with Gasteiger partial charge in [-0.25, -0.2) is 24.3 Å². The maximum absolute atomic E-state index is 13.4. The summed E-state index contributed by atoms with van der Waals surface area (Å²) in [5.74, 6) is -3.69. The summed E-state index contributed by atoms with van der Waals surface area (Å²) in [4.78, 5) is 67.4. The van der Waals surface area contributed by atoms with Gasteiger partial charge in [-0.1, -0.05) is 19.9 Å². The molecule has 236 valence electrons. The molecule has 2 aliphatic rings. The first-order chi connectivity index (χ1) is 20.8. The fourth-order valence-electron chi connectivity index (χ4n) is 4.42. The van der Waals surface area contributed by atoms with Crippen LogP contribution in [-0.4, -0.2) is 65.6 Å². The fraction of sp³-hybridized carbons (Fsp3) is 0.429. The number of carbonyl (C=O) groups excluding carboxylic acids is 5. The summed E-state index contributed by atoms with van der Waals surface area (Å²) >= 11 is 0. The van der Waals surface area contributed by atoms with E-state index in [-0.39, 0.29) is 30.3 Å². The molecule has 1 saturated heterocycles. The number of rotatable bonds is 10. The summed E-state index contributed by atoms with van der Waals surface area (Å²) < 4.78 is 50.3. The highest BCUT2D eigenvalue weighted by Gasteiger charge is 2.55. The second kappa shape index (κ2) is 13.1. The Morgan fingerprint density at radius 1 is 1.05 bits per heavy atom. The molecule has 0 bridgehead atoms. The van der Waals surface area contributed by atoms with Crippen molar-refractivity contribution >= 4 is 35.8 Å². The van der Waals surface area contributed by atoms with E-state index in [1.54, 1.807) is 33.8 Å². The minimum absolute atomic E-state index is 0.00184. The Bertz CT molecular complexity index is 1450. The Balaban J connectivity index is 1.39. The molecule has 0 saturated carbocycles. The van der Waals surface area contributed by atoms with Gasteiger partial charge in [-0.3, -0.25) is 14.9 Å². The molecular weight excluding hydrogens is 590 g/mol. The number of β-lactam (4-membered cyclic amide) rings is 1. The van der Waals surface area contributed by atoms with Crippen molar-refractivity contribution in [2.24, 2.45) is 11.8 Å². The molecule has 3 atom stereocenters. The molecule has 3 heterocycles. The molecule has 2 N–H and O–H groups in total. The van der Waals surface area contributed by atoms with Gasteiger partial charge in [0.25, 0.3) is 0 Å². The van der Waals surface area contributed by atoms with Crippen molar-refractivity contribution in [3.63, 3.8) is 0 Å². The summed E-state index contributed by atoms with van der Waals surface area (Å²) in [6.45, 7) is 5.78. The lowest BCUT2D eigenvalue weighted by molar-refractivity contribution is -0.286. The van der Waals surface area contributed by atoms with E-state index in [1.807, 2.05) is 0 Å². The lowest BCUT2D eigenvalue weighted by Gasteiger charge is -2.44. The molecular formula is C28H30F2N4O10. The number of pyridine rings is 1. The zero-order chi connectivity index (χ0) is 32.2. The highest BCUT2D eigenvalue weighted by molar-refractivity contribution is 6.08. The number of amides is 4. The Labute approximate surface area is 249 Å². The van der Waals surface area contributed by atoms with Gasteiger partial charge in [-0.15, -0.1) is 8.78 Å². The van der Waals surface area contributed by atoms with E-state index in [9.17, 15) is 32.8 Å². The number of likely N-dealkylation sites (tertiary alicyclic amines) is 1. The summed E-state index contributed by atoms with van der Waals surface area (Å²) in [5, 5.41) is 4.96. The van der Waals surface area contributed by atoms with E-state index in [0.717, 1.165) is 4.90 Å². The molecule has 0 radical (unpaired) electrons. The number of hydrogen-bond acceptors (Lipinski definition) is 11. The quantitative estimate of drug-likeness (QED) is 0.226. The van der Waals surface area contributed by atoms with Crippen LogP contribution in [0.2, 0.25) is 0 Å². The van der Waals surface area contributed by atoms with Gasteiger partial charge in [-0.05, 0) is 55.7 Å². The van der Waals surface area contributed by atoms with Gasteiger partial charge in [-0.2, -0.15) is 0 Å². The van der Waals surface area contributed by atoms with Crippen LogP contribution in [0.25, 0.3) is 0 Å². The Morgan fingerprint density at radius 3 is 2.48 bits per heavy atom. The summed E-state index contributed by atoms with van der Waals surface area (Å²) in [6, 6.07) is 4.07. The van der Waals surface area contributed by atoms with E-state index >= 15 is 0 Å². The first-order valence-electron chi connectivity index (χ1n) is 13.5. The molecule has 0 spiro atoms. The highest BCUT2D eigenvalue weighted by Crippen LogP contribution is 2.42. The number of fused-ring (bicyclic) bond motifs is 1. The molecule has 1 aromatic carbocycles. The van der Waals surface area contributed by atoms with Gasteiger partial charge in [0.15, 0.2) is 17.5 Å². The highest BCUT2D eigenvalue weighted by atomic mass is 19.3. The lowest BCUT2D eigenvalue weighted by Crippen LogP contribution is -2.69. The third-order valence-corrected chi connectivity index (χ3v) is 6.60. The molecule has 0 aliphatic carbocycles. The van der Waals surface area contributed by atoms with Crippen LogP contribution in [0, 0.1) is 11.8 Å². The van der Waals surface area contributed by atoms with Gasteiger partial charge in [0.2, 0.25) is 12.7 Å². The molecule has 44 heavy (non-hydrogen) atoms. The van der Waals surface area contributed by atoms with Gasteiger partial charge in [0.05, 0.1) is 24.5 Å². The minimum Gasteiger partial charge on any atom is -0.464 e. The number of nitrogens with zero attached hydrogens (tertiary/aromatic N) is 2. The zero-order valence-electron chi connectivity index (χ0n) is 24.1. The monoisotopic (exact) mass is 620 g/mol. The summed E-state index contributed by atoms with van der Waals surface area (Å²) in [6.07, 6.45) is -3.39. The summed E-state index contributed by atoms with van der Waals surface area (Å²) in [5.41, 5.74) is 0.879. The number of aromatic nitrogens is 1. The van der Waals surface area contributed by atoms with E-state index in [0.29, 0.717) is 11.1 Å². The molecule has 16 heteroatoms. The average molecular weight is 621 g/mol. The van der Waals surface area contributed by atoms with Gasteiger partial charge >= 0.3 is 30.4 Å². The van der Waals surface area contributed by atoms with Gasteiger partial charge in [0, 0.05) is 6.20 Å². The second-order valence-electron chi connectivity index (χ2n) is 10.1. The van der Waals surface area contributed by atoms with Crippen molar-refractivity contribution in [3.05, 3.63) is 47.7 Å². The zero-order valence-corrected chi connectivity index (χ0v) is 24.1. The minimum atomic E-state index is -3.81. The lowest BCUT2D eigenvalue weighted by atomic mass is 9.82. The van der Waals surface area contributed by atoms with E-state index < -0.39 is 67.0 Å². The molecule has 1 aromatic heterocycles. The number of benzene rings is 1. The Kier molecular flexibility index (Phi) is 9.50. The van der Waals surface area contributed by atoms with Crippen LogP contribution in [-0.2, 0) is 35.0 Å². The number of nitrogens with one attached hydrogen (secondary N) is 2. The molecule has 4 rings (SSSR count). The number of hydrogen-bond donors (Lipinski definition) is 2. The third kappa shape index (κ3) is 7.30. The van der Waals surface area contributed by atoms with Crippen molar-refractivity contribution in [2.75, 3.05) is 18.7 Å². The predicted octanol–water partition coefficient (Wildman–Crippen LogP) is 3.51. The molecule has 2 aromatic rings.